The van der Waals surface area contributed by atoms with Crippen molar-refractivity contribution in [3.8, 4) is 23.0 Å². The first-order valence-corrected chi connectivity index (χ1v) is 11.1. The maximum absolute atomic E-state index is 12.2. The van der Waals surface area contributed by atoms with Gasteiger partial charge in [0, 0.05) is 0 Å². The van der Waals surface area contributed by atoms with Crippen molar-refractivity contribution in [1.29, 1.82) is 0 Å². The molecule has 0 amide bonds. The lowest BCUT2D eigenvalue weighted by Crippen LogP contribution is -2.46. The fourth-order valence-corrected chi connectivity index (χ4v) is 4.50. The zero-order valence-corrected chi connectivity index (χ0v) is 18.9. The summed E-state index contributed by atoms with van der Waals surface area (Å²) in [7, 11) is 3.20. The van der Waals surface area contributed by atoms with Crippen molar-refractivity contribution >= 4 is 5.97 Å². The Morgan fingerprint density at radius 3 is 2.33 bits per heavy atom. The second-order valence-electron chi connectivity index (χ2n) is 8.09. The molecule has 3 aromatic rings. The van der Waals surface area contributed by atoms with Gasteiger partial charge in [0.25, 0.3) is 0 Å². The van der Waals surface area contributed by atoms with Crippen LogP contribution < -0.4 is 14.2 Å². The van der Waals surface area contributed by atoms with Crippen molar-refractivity contribution in [2.45, 2.75) is 31.3 Å². The van der Waals surface area contributed by atoms with Gasteiger partial charge in [-0.3, -0.25) is 9.69 Å². The van der Waals surface area contributed by atoms with Crippen molar-refractivity contribution in [3.63, 3.8) is 0 Å². The number of ether oxygens (including phenoxy) is 3. The Bertz CT molecular complexity index is 1080. The molecule has 0 radical (unpaired) electrons. The van der Waals surface area contributed by atoms with E-state index < -0.39 is 12.0 Å². The van der Waals surface area contributed by atoms with Gasteiger partial charge in [-0.2, -0.15) is 0 Å². The molecule has 6 heteroatoms. The minimum atomic E-state index is -0.795. The van der Waals surface area contributed by atoms with E-state index in [4.69, 9.17) is 14.2 Å². The third-order valence-electron chi connectivity index (χ3n) is 6.04. The number of methoxy groups -OCH3 is 2. The van der Waals surface area contributed by atoms with E-state index in [2.05, 4.69) is 4.90 Å². The van der Waals surface area contributed by atoms with Crippen molar-refractivity contribution < 1.29 is 24.1 Å². The SMILES string of the molecule is COc1ccc(C(c2cccc(Oc3ccccc3)c2)N2CCCCC2C(=O)O)cc1OC. The van der Waals surface area contributed by atoms with Crippen LogP contribution in [0.5, 0.6) is 23.0 Å². The standard InChI is InChI=1S/C27H29NO5/c1-31-24-15-14-20(18-25(24)32-2)26(28-16-7-6-13-23(28)27(29)30)19-9-8-12-22(17-19)33-21-10-4-3-5-11-21/h3-5,8-12,14-15,17-18,23,26H,6-7,13,16H2,1-2H3,(H,29,30). The molecule has 0 aliphatic carbocycles. The second-order valence-corrected chi connectivity index (χ2v) is 8.09. The highest BCUT2D eigenvalue weighted by molar-refractivity contribution is 5.73. The lowest BCUT2D eigenvalue weighted by atomic mass is 9.91. The number of carbonyl (C=O) groups is 1. The maximum atomic E-state index is 12.2. The number of carboxylic acid groups (broad SMARTS) is 1. The minimum absolute atomic E-state index is 0.273. The van der Waals surface area contributed by atoms with E-state index in [0.717, 1.165) is 29.7 Å². The van der Waals surface area contributed by atoms with E-state index in [0.29, 0.717) is 30.2 Å². The fraction of sp³-hybridized carbons (Fsp3) is 0.296. The summed E-state index contributed by atoms with van der Waals surface area (Å²) in [6.45, 7) is 0.694. The first-order chi connectivity index (χ1) is 16.1. The Balaban J connectivity index is 1.78. The van der Waals surface area contributed by atoms with Crippen LogP contribution in [0.2, 0.25) is 0 Å². The number of benzene rings is 3. The molecule has 1 aliphatic rings. The van der Waals surface area contributed by atoms with Crippen LogP contribution in [0.25, 0.3) is 0 Å². The first kappa shape index (κ1) is 22.7. The van der Waals surface area contributed by atoms with Crippen molar-refractivity contribution in [1.82, 2.24) is 4.90 Å². The second kappa shape index (κ2) is 10.4. The average molecular weight is 448 g/mol. The number of hydrogen-bond acceptors (Lipinski definition) is 5. The Labute approximate surface area is 194 Å². The number of rotatable bonds is 8. The number of piperidine rings is 1. The molecular weight excluding hydrogens is 418 g/mol. The van der Waals surface area contributed by atoms with Crippen LogP contribution in [0, 0.1) is 0 Å². The summed E-state index contributed by atoms with van der Waals surface area (Å²) in [5.41, 5.74) is 1.90. The number of para-hydroxylation sites is 1. The molecule has 1 aliphatic heterocycles. The lowest BCUT2D eigenvalue weighted by Gasteiger charge is -2.39. The molecule has 33 heavy (non-hydrogen) atoms. The van der Waals surface area contributed by atoms with Crippen molar-refractivity contribution in [2.24, 2.45) is 0 Å². The summed E-state index contributed by atoms with van der Waals surface area (Å²) in [6.07, 6.45) is 2.48. The predicted molar refractivity (Wildman–Crippen MR) is 126 cm³/mol. The molecule has 2 unspecified atom stereocenters. The number of carboxylic acids is 1. The predicted octanol–water partition coefficient (Wildman–Crippen LogP) is 5.52. The highest BCUT2D eigenvalue weighted by atomic mass is 16.5. The molecule has 1 saturated heterocycles. The number of likely N-dealkylation sites (tertiary alicyclic amines) is 1. The Morgan fingerprint density at radius 2 is 1.61 bits per heavy atom. The monoisotopic (exact) mass is 447 g/mol. The summed E-state index contributed by atoms with van der Waals surface area (Å²) in [5, 5.41) is 9.97. The number of nitrogens with zero attached hydrogens (tertiary/aromatic N) is 1. The van der Waals surface area contributed by atoms with Gasteiger partial charge < -0.3 is 19.3 Å². The molecule has 3 aromatic carbocycles. The number of hydrogen-bond donors (Lipinski definition) is 1. The summed E-state index contributed by atoms with van der Waals surface area (Å²) < 4.78 is 17.0. The van der Waals surface area contributed by atoms with Crippen molar-refractivity contribution in [2.75, 3.05) is 20.8 Å². The van der Waals surface area contributed by atoms with Gasteiger partial charge in [0.05, 0.1) is 20.3 Å². The van der Waals surface area contributed by atoms with E-state index >= 15 is 0 Å². The highest BCUT2D eigenvalue weighted by Crippen LogP contribution is 2.39. The molecule has 0 saturated carbocycles. The maximum Gasteiger partial charge on any atom is 0.320 e. The molecule has 0 bridgehead atoms. The third kappa shape index (κ3) is 5.12. The van der Waals surface area contributed by atoms with Crippen LogP contribution in [0.1, 0.15) is 36.4 Å². The molecule has 1 N–H and O–H groups in total. The van der Waals surface area contributed by atoms with Crippen LogP contribution in [0.3, 0.4) is 0 Å². The molecule has 4 rings (SSSR count). The largest absolute Gasteiger partial charge is 0.493 e. The fourth-order valence-electron chi connectivity index (χ4n) is 4.50. The molecule has 172 valence electrons. The summed E-state index contributed by atoms with van der Waals surface area (Å²) in [4.78, 5) is 14.2. The van der Waals surface area contributed by atoms with Gasteiger partial charge >= 0.3 is 5.97 Å². The van der Waals surface area contributed by atoms with Crippen molar-refractivity contribution in [3.05, 3.63) is 83.9 Å². The van der Waals surface area contributed by atoms with Gasteiger partial charge in [0.15, 0.2) is 11.5 Å². The van der Waals surface area contributed by atoms with Gasteiger partial charge in [-0.25, -0.2) is 0 Å². The van der Waals surface area contributed by atoms with E-state index in [1.165, 1.54) is 0 Å². The quantitative estimate of drug-likeness (QED) is 0.490. The van der Waals surface area contributed by atoms with Crippen LogP contribution in [0.4, 0.5) is 0 Å². The van der Waals surface area contributed by atoms with Crippen LogP contribution in [0.15, 0.2) is 72.8 Å². The van der Waals surface area contributed by atoms with E-state index in [9.17, 15) is 9.90 Å². The summed E-state index contributed by atoms with van der Waals surface area (Å²) in [5.74, 6) is 1.90. The zero-order chi connectivity index (χ0) is 23.2. The van der Waals surface area contributed by atoms with Gasteiger partial charge in [-0.1, -0.05) is 42.8 Å². The summed E-state index contributed by atoms with van der Waals surface area (Å²) in [6, 6.07) is 22.4. The molecule has 0 spiro atoms. The van der Waals surface area contributed by atoms with Crippen LogP contribution >= 0.6 is 0 Å². The lowest BCUT2D eigenvalue weighted by molar-refractivity contribution is -0.145. The zero-order valence-electron chi connectivity index (χ0n) is 18.9. The smallest absolute Gasteiger partial charge is 0.320 e. The summed E-state index contributed by atoms with van der Waals surface area (Å²) >= 11 is 0. The normalized spacial score (nSPS) is 17.2. The van der Waals surface area contributed by atoms with Crippen LogP contribution in [-0.4, -0.2) is 42.8 Å². The molecular formula is C27H29NO5. The molecule has 1 fully saturated rings. The minimum Gasteiger partial charge on any atom is -0.493 e. The molecule has 0 aromatic heterocycles. The molecule has 2 atom stereocenters. The van der Waals surface area contributed by atoms with Crippen LogP contribution in [-0.2, 0) is 4.79 Å². The topological polar surface area (TPSA) is 68.2 Å². The van der Waals surface area contributed by atoms with E-state index in [1.54, 1.807) is 14.2 Å². The highest BCUT2D eigenvalue weighted by Gasteiger charge is 2.35. The molecule has 6 nitrogen and oxygen atoms in total. The Morgan fingerprint density at radius 1 is 0.879 bits per heavy atom. The van der Waals surface area contributed by atoms with Gasteiger partial charge in [0.1, 0.15) is 17.5 Å². The van der Waals surface area contributed by atoms with Gasteiger partial charge in [0.2, 0.25) is 0 Å². The Kier molecular flexibility index (Phi) is 7.15. The third-order valence-corrected chi connectivity index (χ3v) is 6.04. The number of aliphatic carboxylic acids is 1. The van der Waals surface area contributed by atoms with E-state index in [1.807, 2.05) is 72.8 Å². The van der Waals surface area contributed by atoms with Gasteiger partial charge in [-0.05, 0) is 66.9 Å². The van der Waals surface area contributed by atoms with Gasteiger partial charge in [-0.15, -0.1) is 0 Å². The first-order valence-electron chi connectivity index (χ1n) is 11.1. The Hall–Kier alpha value is -3.51. The average Bonchev–Trinajstić information content (AvgIpc) is 2.85. The molecule has 1 heterocycles. The van der Waals surface area contributed by atoms with E-state index in [-0.39, 0.29) is 6.04 Å².